The Morgan fingerprint density at radius 3 is 1.57 bits per heavy atom. The summed E-state index contributed by atoms with van der Waals surface area (Å²) in [6.07, 6.45) is 14.4. The van der Waals surface area contributed by atoms with Gasteiger partial charge in [-0.1, -0.05) is 13.8 Å². The average Bonchev–Trinajstić information content (AvgIpc) is 3.80. The maximum atomic E-state index is 6.01. The number of epoxide rings is 1. The van der Waals surface area contributed by atoms with Gasteiger partial charge in [-0.3, -0.25) is 0 Å². The van der Waals surface area contributed by atoms with Crippen LogP contribution in [0, 0.1) is 35.5 Å². The molecule has 0 radical (unpaired) electrons. The van der Waals surface area contributed by atoms with Crippen LogP contribution in [0.2, 0.25) is 0 Å². The van der Waals surface area contributed by atoms with Crippen molar-refractivity contribution < 1.29 is 23.7 Å². The van der Waals surface area contributed by atoms with Crippen molar-refractivity contribution in [2.75, 3.05) is 26.4 Å². The average molecular weight is 641 g/mol. The zero-order valence-corrected chi connectivity index (χ0v) is 28.9. The van der Waals surface area contributed by atoms with E-state index < -0.39 is 0 Å². The molecule has 8 rings (SSSR count). The second kappa shape index (κ2) is 13.9. The molecule has 0 amide bonds. The Bertz CT molecular complexity index is 825. The normalized spacial score (nSPS) is 49.1. The third-order valence-electron chi connectivity index (χ3n) is 11.7. The molecule has 0 aromatic rings. The van der Waals surface area contributed by atoms with Crippen LogP contribution in [0.3, 0.4) is 0 Å². The highest BCUT2D eigenvalue weighted by molar-refractivity contribution is 8.08. The summed E-state index contributed by atoms with van der Waals surface area (Å²) in [6.45, 7) is 12.5. The number of rotatable bonds is 12. The van der Waals surface area contributed by atoms with Gasteiger partial charge >= 0.3 is 0 Å². The number of fused-ring (bicyclic) bond motifs is 4. The first-order valence-corrected chi connectivity index (χ1v) is 20.3. The lowest BCUT2D eigenvalue weighted by atomic mass is 9.81. The molecule has 8 aliphatic rings. The highest BCUT2D eigenvalue weighted by Crippen LogP contribution is 2.55. The summed E-state index contributed by atoms with van der Waals surface area (Å²) >= 11 is 6.54. The molecule has 42 heavy (non-hydrogen) atoms. The molecule has 0 aromatic carbocycles. The standard InChI is InChI=1S/C17H28O3S.C17H28O2S2/c1-10-5-16-17(21-16)7-13(10)9-19-11(2)18-8-12-3-4-14-15(6-12)20-14;1-10-5-15-17(21-15)7-13(10)9-19-11(2)18-8-12-3-4-14-16(6-12)20-14/h2*10-17H,3-9H2,1-2H3. The highest BCUT2D eigenvalue weighted by Gasteiger charge is 2.48. The van der Waals surface area contributed by atoms with Gasteiger partial charge in [-0.2, -0.15) is 35.3 Å². The van der Waals surface area contributed by atoms with E-state index >= 15 is 0 Å². The molecule has 5 nitrogen and oxygen atoms in total. The molecule has 0 N–H and O–H groups in total. The number of ether oxygens (including phenoxy) is 5. The van der Waals surface area contributed by atoms with E-state index in [1.165, 1.54) is 64.2 Å². The molecule has 0 bridgehead atoms. The van der Waals surface area contributed by atoms with E-state index in [9.17, 15) is 0 Å². The van der Waals surface area contributed by atoms with E-state index in [0.717, 1.165) is 87.5 Å². The van der Waals surface area contributed by atoms with Crippen molar-refractivity contribution in [3.8, 4) is 0 Å². The minimum Gasteiger partial charge on any atom is -0.370 e. The number of hydrogen-bond donors (Lipinski definition) is 0. The van der Waals surface area contributed by atoms with Crippen LogP contribution < -0.4 is 0 Å². The van der Waals surface area contributed by atoms with Gasteiger partial charge < -0.3 is 23.7 Å². The summed E-state index contributed by atoms with van der Waals surface area (Å²) in [4.78, 5) is 0. The fourth-order valence-electron chi connectivity index (χ4n) is 8.27. The summed E-state index contributed by atoms with van der Waals surface area (Å²) in [5.41, 5.74) is 0. The quantitative estimate of drug-likeness (QED) is 0.159. The molecule has 4 saturated heterocycles. The van der Waals surface area contributed by atoms with E-state index in [1.54, 1.807) is 0 Å². The Morgan fingerprint density at radius 2 is 1.00 bits per heavy atom. The maximum absolute atomic E-state index is 6.01. The fraction of sp³-hybridized carbons (Fsp3) is 1.00. The van der Waals surface area contributed by atoms with Crippen molar-refractivity contribution in [1.29, 1.82) is 0 Å². The SMILES string of the molecule is CC(OCC1CCC2OC2C1)OCC1CC2SC2CC1C.CC(OCC1CCC2SC2C1)OCC1CC2SC2CC1C. The monoisotopic (exact) mass is 640 g/mol. The van der Waals surface area contributed by atoms with E-state index in [-0.39, 0.29) is 12.6 Å². The van der Waals surface area contributed by atoms with Gasteiger partial charge in [-0.05, 0) is 114 Å². The Kier molecular flexibility index (Phi) is 10.4. The summed E-state index contributed by atoms with van der Waals surface area (Å²) in [7, 11) is 0. The molecule has 4 saturated carbocycles. The molecule has 16 atom stereocenters. The van der Waals surface area contributed by atoms with Crippen LogP contribution in [0.15, 0.2) is 0 Å². The van der Waals surface area contributed by atoms with E-state index in [1.807, 2.05) is 0 Å². The fourth-order valence-corrected chi connectivity index (χ4v) is 12.2. The number of thioether (sulfide) groups is 3. The first kappa shape index (κ1) is 31.4. The van der Waals surface area contributed by atoms with Crippen LogP contribution in [-0.4, -0.2) is 82.7 Å². The largest absolute Gasteiger partial charge is 0.370 e. The van der Waals surface area contributed by atoms with Crippen molar-refractivity contribution in [2.24, 2.45) is 35.5 Å². The van der Waals surface area contributed by atoms with Gasteiger partial charge in [0.25, 0.3) is 0 Å². The van der Waals surface area contributed by atoms with Gasteiger partial charge in [0.15, 0.2) is 12.6 Å². The summed E-state index contributed by atoms with van der Waals surface area (Å²) in [5.74, 6) is 4.60. The van der Waals surface area contributed by atoms with Crippen molar-refractivity contribution in [1.82, 2.24) is 0 Å². The zero-order chi connectivity index (χ0) is 28.8. The van der Waals surface area contributed by atoms with Crippen molar-refractivity contribution >= 4 is 35.3 Å². The van der Waals surface area contributed by atoms with Gasteiger partial charge in [0, 0.05) is 31.5 Å². The van der Waals surface area contributed by atoms with Crippen LogP contribution in [0.1, 0.15) is 91.9 Å². The molecular weight excluding hydrogens is 585 g/mol. The minimum atomic E-state index is -0.0559. The Labute approximate surface area is 268 Å². The third-order valence-corrected chi connectivity index (χ3v) is 16.0. The van der Waals surface area contributed by atoms with Crippen LogP contribution in [-0.2, 0) is 23.7 Å². The molecule has 8 heteroatoms. The molecule has 4 aliphatic heterocycles. The van der Waals surface area contributed by atoms with Crippen LogP contribution in [0.5, 0.6) is 0 Å². The van der Waals surface area contributed by atoms with Crippen LogP contribution in [0.4, 0.5) is 0 Å². The zero-order valence-electron chi connectivity index (χ0n) is 26.4. The molecular formula is C34H56O5S3. The predicted molar refractivity (Wildman–Crippen MR) is 175 cm³/mol. The lowest BCUT2D eigenvalue weighted by Crippen LogP contribution is -2.29. The Balaban J connectivity index is 0.000000137. The van der Waals surface area contributed by atoms with Gasteiger partial charge in [0.1, 0.15) is 0 Å². The lowest BCUT2D eigenvalue weighted by molar-refractivity contribution is -0.151. The van der Waals surface area contributed by atoms with Gasteiger partial charge in [-0.25, -0.2) is 0 Å². The minimum absolute atomic E-state index is 0.0219. The molecule has 0 spiro atoms. The third kappa shape index (κ3) is 8.60. The van der Waals surface area contributed by atoms with Crippen molar-refractivity contribution in [2.45, 2.75) is 148 Å². The van der Waals surface area contributed by atoms with Gasteiger partial charge in [0.2, 0.25) is 0 Å². The first-order valence-electron chi connectivity index (χ1n) is 17.5. The smallest absolute Gasteiger partial charge is 0.154 e. The molecule has 4 aliphatic carbocycles. The summed E-state index contributed by atoms with van der Waals surface area (Å²) < 4.78 is 29.5. The Hall–Kier alpha value is 0.850. The van der Waals surface area contributed by atoms with E-state index in [2.05, 4.69) is 63.0 Å². The van der Waals surface area contributed by atoms with Crippen molar-refractivity contribution in [3.63, 3.8) is 0 Å². The van der Waals surface area contributed by atoms with E-state index in [4.69, 9.17) is 23.7 Å². The number of hydrogen-bond acceptors (Lipinski definition) is 8. The summed E-state index contributed by atoms with van der Waals surface area (Å²) in [5, 5.41) is 5.84. The van der Waals surface area contributed by atoms with Gasteiger partial charge in [-0.15, -0.1) is 0 Å². The second-order valence-corrected chi connectivity index (χ2v) is 19.5. The molecule has 8 fully saturated rings. The van der Waals surface area contributed by atoms with Crippen LogP contribution in [0.25, 0.3) is 0 Å². The lowest BCUT2D eigenvalue weighted by Gasteiger charge is -2.29. The van der Waals surface area contributed by atoms with Gasteiger partial charge in [0.05, 0.1) is 38.6 Å². The predicted octanol–water partition coefficient (Wildman–Crippen LogP) is 7.64. The molecule has 4 heterocycles. The highest BCUT2D eigenvalue weighted by atomic mass is 32.2. The summed E-state index contributed by atoms with van der Waals surface area (Å²) in [6, 6.07) is 0. The molecule has 0 aromatic heterocycles. The molecule has 240 valence electrons. The van der Waals surface area contributed by atoms with Crippen molar-refractivity contribution in [3.05, 3.63) is 0 Å². The molecule has 16 unspecified atom stereocenters. The first-order chi connectivity index (χ1) is 20.4. The van der Waals surface area contributed by atoms with Crippen LogP contribution >= 0.6 is 35.3 Å². The Morgan fingerprint density at radius 1 is 0.524 bits per heavy atom. The van der Waals surface area contributed by atoms with E-state index in [0.29, 0.717) is 18.1 Å². The second-order valence-electron chi connectivity index (χ2n) is 15.1. The maximum Gasteiger partial charge on any atom is 0.154 e. The topological polar surface area (TPSA) is 49.5 Å².